The molecule has 0 aliphatic heterocycles. The van der Waals surface area contributed by atoms with E-state index in [9.17, 15) is 9.59 Å². The van der Waals surface area contributed by atoms with Crippen LogP contribution in [0.2, 0.25) is 0 Å². The minimum Gasteiger partial charge on any atom is -0.462 e. The zero-order valence-corrected chi connectivity index (χ0v) is 20.1. The number of aryl methyl sites for hydroxylation is 2. The number of anilines is 1. The smallest absolute Gasteiger partial charge is 0.341 e. The molecule has 0 spiro atoms. The van der Waals surface area contributed by atoms with Gasteiger partial charge in [-0.25, -0.2) is 9.78 Å². The van der Waals surface area contributed by atoms with E-state index in [1.807, 2.05) is 61.5 Å². The van der Waals surface area contributed by atoms with E-state index in [0.29, 0.717) is 22.7 Å². The fourth-order valence-electron chi connectivity index (χ4n) is 4.61. The maximum Gasteiger partial charge on any atom is 0.341 e. The summed E-state index contributed by atoms with van der Waals surface area (Å²) >= 11 is 1.50. The number of esters is 1. The summed E-state index contributed by atoms with van der Waals surface area (Å²) in [6.07, 6.45) is 3.90. The minimum absolute atomic E-state index is 0.252. The minimum atomic E-state index is -0.364. The van der Waals surface area contributed by atoms with Gasteiger partial charge in [0.2, 0.25) is 0 Å². The second-order valence-corrected chi connectivity index (χ2v) is 9.58. The predicted octanol–water partition coefficient (Wildman–Crippen LogP) is 6.58. The molecule has 2 heterocycles. The maximum atomic E-state index is 13.7. The zero-order chi connectivity index (χ0) is 23.7. The van der Waals surface area contributed by atoms with E-state index < -0.39 is 0 Å². The highest BCUT2D eigenvalue weighted by molar-refractivity contribution is 7.17. The predicted molar refractivity (Wildman–Crippen MR) is 137 cm³/mol. The first-order valence-electron chi connectivity index (χ1n) is 11.7. The third-order valence-corrected chi connectivity index (χ3v) is 7.47. The van der Waals surface area contributed by atoms with Gasteiger partial charge in [0, 0.05) is 15.8 Å². The van der Waals surface area contributed by atoms with Crippen LogP contribution in [0.4, 0.5) is 5.00 Å². The molecule has 1 N–H and O–H groups in total. The third-order valence-electron chi connectivity index (χ3n) is 6.26. The number of carbonyl (C=O) groups is 2. The lowest BCUT2D eigenvalue weighted by molar-refractivity contribution is 0.0526. The van der Waals surface area contributed by atoms with E-state index >= 15 is 0 Å². The van der Waals surface area contributed by atoms with Gasteiger partial charge in [-0.2, -0.15) is 0 Å². The molecule has 0 radical (unpaired) electrons. The Labute approximate surface area is 202 Å². The summed E-state index contributed by atoms with van der Waals surface area (Å²) in [6.45, 7) is 4.13. The van der Waals surface area contributed by atoms with Crippen molar-refractivity contribution in [2.45, 2.75) is 39.5 Å². The largest absolute Gasteiger partial charge is 0.462 e. The number of thiophene rings is 1. The van der Waals surface area contributed by atoms with Crippen LogP contribution < -0.4 is 5.32 Å². The first-order chi connectivity index (χ1) is 16.6. The van der Waals surface area contributed by atoms with Crippen LogP contribution in [-0.2, 0) is 17.6 Å². The summed E-state index contributed by atoms with van der Waals surface area (Å²) < 4.78 is 5.35. The van der Waals surface area contributed by atoms with Gasteiger partial charge in [-0.3, -0.25) is 4.79 Å². The Hall–Kier alpha value is -3.51. The Morgan fingerprint density at radius 2 is 1.82 bits per heavy atom. The van der Waals surface area contributed by atoms with Gasteiger partial charge in [-0.05, 0) is 62.8 Å². The summed E-state index contributed by atoms with van der Waals surface area (Å²) in [4.78, 5) is 32.5. The van der Waals surface area contributed by atoms with Gasteiger partial charge in [0.05, 0.1) is 28.9 Å². The highest BCUT2D eigenvalue weighted by Gasteiger charge is 2.28. The Bertz CT molecular complexity index is 1410. The van der Waals surface area contributed by atoms with Crippen LogP contribution in [-0.4, -0.2) is 23.5 Å². The molecule has 4 aromatic rings. The Kier molecular flexibility index (Phi) is 6.16. The van der Waals surface area contributed by atoms with Gasteiger partial charge in [0.25, 0.3) is 5.91 Å². The average molecular weight is 471 g/mol. The highest BCUT2D eigenvalue weighted by atomic mass is 32.1. The van der Waals surface area contributed by atoms with Crippen molar-refractivity contribution in [1.82, 2.24) is 4.98 Å². The Balaban J connectivity index is 1.59. The average Bonchev–Trinajstić information content (AvgIpc) is 3.21. The molecule has 0 saturated heterocycles. The van der Waals surface area contributed by atoms with Gasteiger partial charge in [-0.15, -0.1) is 11.3 Å². The van der Waals surface area contributed by atoms with Gasteiger partial charge < -0.3 is 10.1 Å². The molecule has 1 aliphatic rings. The molecule has 0 saturated carbocycles. The summed E-state index contributed by atoms with van der Waals surface area (Å²) in [7, 11) is 0. The number of rotatable bonds is 5. The molecule has 5 rings (SSSR count). The fourth-order valence-corrected chi connectivity index (χ4v) is 5.88. The van der Waals surface area contributed by atoms with E-state index in [4.69, 9.17) is 9.72 Å². The van der Waals surface area contributed by atoms with Gasteiger partial charge in [0.15, 0.2) is 0 Å². The molecule has 0 fully saturated rings. The number of hydrogen-bond donors (Lipinski definition) is 1. The SMILES string of the molecule is CCOC(=O)c1c(NC(=O)c2cc(-c3ccccc3C)nc3ccccc23)sc2c1CCCC2. The van der Waals surface area contributed by atoms with Crippen molar-refractivity contribution in [3.63, 3.8) is 0 Å². The number of fused-ring (bicyclic) bond motifs is 2. The number of pyridine rings is 1. The molecular formula is C28H26N2O3S. The molecule has 6 heteroatoms. The monoisotopic (exact) mass is 470 g/mol. The van der Waals surface area contributed by atoms with Crippen molar-refractivity contribution in [2.75, 3.05) is 11.9 Å². The number of amides is 1. The number of benzene rings is 2. The molecule has 0 bridgehead atoms. The molecule has 2 aromatic carbocycles. The molecule has 1 amide bonds. The first-order valence-corrected chi connectivity index (χ1v) is 12.5. The van der Waals surface area contributed by atoms with Gasteiger partial charge >= 0.3 is 5.97 Å². The van der Waals surface area contributed by atoms with E-state index in [0.717, 1.165) is 59.0 Å². The van der Waals surface area contributed by atoms with Crippen molar-refractivity contribution in [3.8, 4) is 11.3 Å². The number of carbonyl (C=O) groups excluding carboxylic acids is 2. The normalized spacial score (nSPS) is 12.9. The van der Waals surface area contributed by atoms with Crippen LogP contribution in [0.1, 0.15) is 56.5 Å². The van der Waals surface area contributed by atoms with Crippen molar-refractivity contribution in [1.29, 1.82) is 0 Å². The Morgan fingerprint density at radius 3 is 2.65 bits per heavy atom. The zero-order valence-electron chi connectivity index (χ0n) is 19.3. The number of ether oxygens (including phenoxy) is 1. The standard InChI is InChI=1S/C28H26N2O3S/c1-3-33-28(32)25-20-13-7-9-15-24(20)34-27(25)30-26(31)21-16-23(18-11-5-4-10-17(18)2)29-22-14-8-6-12-19(21)22/h4-6,8,10-12,14,16H,3,7,9,13,15H2,1-2H3,(H,30,31). The topological polar surface area (TPSA) is 68.3 Å². The quantitative estimate of drug-likeness (QED) is 0.335. The Morgan fingerprint density at radius 1 is 1.06 bits per heavy atom. The number of para-hydroxylation sites is 1. The van der Waals surface area contributed by atoms with Crippen molar-refractivity contribution >= 4 is 39.1 Å². The second-order valence-electron chi connectivity index (χ2n) is 8.48. The summed E-state index contributed by atoms with van der Waals surface area (Å²) in [5.41, 5.74) is 5.67. The third kappa shape index (κ3) is 4.10. The number of hydrogen-bond acceptors (Lipinski definition) is 5. The summed E-state index contributed by atoms with van der Waals surface area (Å²) in [5, 5.41) is 4.41. The van der Waals surface area contributed by atoms with E-state index in [2.05, 4.69) is 5.32 Å². The van der Waals surface area contributed by atoms with E-state index in [-0.39, 0.29) is 11.9 Å². The van der Waals surface area contributed by atoms with Crippen molar-refractivity contribution in [2.24, 2.45) is 0 Å². The van der Waals surface area contributed by atoms with Crippen LogP contribution in [0.3, 0.4) is 0 Å². The van der Waals surface area contributed by atoms with Crippen molar-refractivity contribution in [3.05, 3.63) is 81.7 Å². The van der Waals surface area contributed by atoms with Crippen LogP contribution in [0.25, 0.3) is 22.2 Å². The summed E-state index contributed by atoms with van der Waals surface area (Å²) in [6, 6.07) is 17.5. The fraction of sp³-hybridized carbons (Fsp3) is 0.250. The van der Waals surface area contributed by atoms with Gasteiger partial charge in [-0.1, -0.05) is 42.5 Å². The molecule has 5 nitrogen and oxygen atoms in total. The van der Waals surface area contributed by atoms with Crippen LogP contribution >= 0.6 is 11.3 Å². The molecule has 1 aliphatic carbocycles. The molecular weight excluding hydrogens is 444 g/mol. The summed E-state index contributed by atoms with van der Waals surface area (Å²) in [5.74, 6) is -0.616. The first kappa shape index (κ1) is 22.3. The highest BCUT2D eigenvalue weighted by Crippen LogP contribution is 2.39. The maximum absolute atomic E-state index is 13.7. The van der Waals surface area contributed by atoms with Crippen LogP contribution in [0.5, 0.6) is 0 Å². The lowest BCUT2D eigenvalue weighted by Gasteiger charge is -2.13. The lowest BCUT2D eigenvalue weighted by atomic mass is 9.95. The number of nitrogens with one attached hydrogen (secondary N) is 1. The lowest BCUT2D eigenvalue weighted by Crippen LogP contribution is -2.16. The second kappa shape index (κ2) is 9.39. The molecule has 2 aromatic heterocycles. The molecule has 0 unspecified atom stereocenters. The van der Waals surface area contributed by atoms with E-state index in [1.54, 1.807) is 6.92 Å². The number of nitrogens with zero attached hydrogens (tertiary/aromatic N) is 1. The van der Waals surface area contributed by atoms with Crippen LogP contribution in [0.15, 0.2) is 54.6 Å². The van der Waals surface area contributed by atoms with Crippen LogP contribution in [0, 0.1) is 6.92 Å². The molecule has 172 valence electrons. The van der Waals surface area contributed by atoms with Gasteiger partial charge in [0.1, 0.15) is 5.00 Å². The number of aromatic nitrogens is 1. The van der Waals surface area contributed by atoms with Crippen molar-refractivity contribution < 1.29 is 14.3 Å². The molecule has 34 heavy (non-hydrogen) atoms. The van der Waals surface area contributed by atoms with E-state index in [1.165, 1.54) is 16.2 Å². The molecule has 0 atom stereocenters.